The van der Waals surface area contributed by atoms with E-state index in [9.17, 15) is 4.79 Å². The number of rotatable bonds is 5. The van der Waals surface area contributed by atoms with Crippen molar-refractivity contribution < 1.29 is 4.79 Å². The lowest BCUT2D eigenvalue weighted by Crippen LogP contribution is -2.30. The van der Waals surface area contributed by atoms with E-state index in [4.69, 9.17) is 0 Å². The molecule has 1 heterocycles. The Morgan fingerprint density at radius 1 is 1.69 bits per heavy atom. The number of thioether (sulfide) groups is 1. The summed E-state index contributed by atoms with van der Waals surface area (Å²) in [4.78, 5) is 15.8. The fourth-order valence-corrected chi connectivity index (χ4v) is 1.89. The second-order valence-electron chi connectivity index (χ2n) is 3.47. The fourth-order valence-electron chi connectivity index (χ4n) is 1.08. The van der Waals surface area contributed by atoms with Crippen LogP contribution >= 0.6 is 11.8 Å². The molecule has 1 N–H and O–H groups in total. The summed E-state index contributed by atoms with van der Waals surface area (Å²) >= 11 is 1.45. The van der Waals surface area contributed by atoms with E-state index in [2.05, 4.69) is 16.9 Å². The third-order valence-corrected chi connectivity index (χ3v) is 3.02. The predicted octanol–water partition coefficient (Wildman–Crippen LogP) is 2.17. The lowest BCUT2D eigenvalue weighted by atomic mass is 10.3. The zero-order valence-corrected chi connectivity index (χ0v) is 10.4. The first-order chi connectivity index (χ1) is 7.63. The van der Waals surface area contributed by atoms with Crippen LogP contribution in [0.1, 0.15) is 12.5 Å². The second-order valence-corrected chi connectivity index (χ2v) is 4.83. The molecule has 86 valence electrons. The number of pyridine rings is 1. The summed E-state index contributed by atoms with van der Waals surface area (Å²) in [5.41, 5.74) is 1.12. The third-order valence-electron chi connectivity index (χ3n) is 1.97. The molecule has 16 heavy (non-hydrogen) atoms. The molecule has 0 aliphatic rings. The molecule has 0 spiro atoms. The van der Waals surface area contributed by atoms with Crippen molar-refractivity contribution in [1.29, 1.82) is 0 Å². The standard InChI is InChI=1S/C12H16N2OS/c1-4-7-13-12(15)10(3)16-11-6-5-9(2)8-14-11/h4-6,8,10H,1,7H2,2-3H3,(H,13,15). The first-order valence-corrected chi connectivity index (χ1v) is 5.99. The summed E-state index contributed by atoms with van der Waals surface area (Å²) in [6, 6.07) is 3.92. The van der Waals surface area contributed by atoms with Gasteiger partial charge in [0.05, 0.1) is 10.3 Å². The maximum atomic E-state index is 11.6. The van der Waals surface area contributed by atoms with Gasteiger partial charge < -0.3 is 5.32 Å². The van der Waals surface area contributed by atoms with E-state index >= 15 is 0 Å². The van der Waals surface area contributed by atoms with Gasteiger partial charge in [-0.05, 0) is 25.5 Å². The van der Waals surface area contributed by atoms with E-state index in [0.29, 0.717) is 6.54 Å². The van der Waals surface area contributed by atoms with E-state index in [1.54, 1.807) is 12.3 Å². The Morgan fingerprint density at radius 3 is 3.00 bits per heavy atom. The Kier molecular flexibility index (Phi) is 5.05. The molecule has 0 aromatic carbocycles. The van der Waals surface area contributed by atoms with Gasteiger partial charge in [0.15, 0.2) is 0 Å². The molecule has 1 rings (SSSR count). The van der Waals surface area contributed by atoms with E-state index < -0.39 is 0 Å². The first kappa shape index (κ1) is 12.8. The highest BCUT2D eigenvalue weighted by Crippen LogP contribution is 2.20. The Labute approximate surface area is 100 Å². The summed E-state index contributed by atoms with van der Waals surface area (Å²) in [7, 11) is 0. The summed E-state index contributed by atoms with van der Waals surface area (Å²) in [5.74, 6) is 0.00674. The molecular weight excluding hydrogens is 220 g/mol. The molecule has 4 heteroatoms. The molecule has 0 fully saturated rings. The van der Waals surface area contributed by atoms with Crippen molar-refractivity contribution in [1.82, 2.24) is 10.3 Å². The number of carbonyl (C=O) groups excluding carboxylic acids is 1. The van der Waals surface area contributed by atoms with Crippen molar-refractivity contribution in [3.8, 4) is 0 Å². The zero-order chi connectivity index (χ0) is 12.0. The van der Waals surface area contributed by atoms with Crippen LogP contribution in [0.2, 0.25) is 0 Å². The van der Waals surface area contributed by atoms with Crippen LogP contribution in [-0.2, 0) is 4.79 Å². The molecule has 1 aromatic rings. The van der Waals surface area contributed by atoms with Gasteiger partial charge in [-0.15, -0.1) is 6.58 Å². The van der Waals surface area contributed by atoms with Gasteiger partial charge in [-0.2, -0.15) is 0 Å². The van der Waals surface area contributed by atoms with Crippen molar-refractivity contribution in [2.45, 2.75) is 24.1 Å². The van der Waals surface area contributed by atoms with Crippen LogP contribution in [-0.4, -0.2) is 22.7 Å². The Balaban J connectivity index is 2.50. The molecule has 1 unspecified atom stereocenters. The highest BCUT2D eigenvalue weighted by Gasteiger charge is 2.13. The van der Waals surface area contributed by atoms with E-state index in [1.165, 1.54) is 11.8 Å². The van der Waals surface area contributed by atoms with E-state index in [0.717, 1.165) is 10.6 Å². The van der Waals surface area contributed by atoms with Gasteiger partial charge in [-0.3, -0.25) is 4.79 Å². The van der Waals surface area contributed by atoms with Crippen LogP contribution < -0.4 is 5.32 Å². The minimum Gasteiger partial charge on any atom is -0.352 e. The summed E-state index contributed by atoms with van der Waals surface area (Å²) in [6.07, 6.45) is 3.47. The molecule has 0 saturated carbocycles. The van der Waals surface area contributed by atoms with Crippen LogP contribution in [0.5, 0.6) is 0 Å². The van der Waals surface area contributed by atoms with Crippen molar-refractivity contribution in [3.63, 3.8) is 0 Å². The number of hydrogen-bond donors (Lipinski definition) is 1. The number of carbonyl (C=O) groups is 1. The maximum absolute atomic E-state index is 11.6. The maximum Gasteiger partial charge on any atom is 0.233 e. The van der Waals surface area contributed by atoms with Crippen LogP contribution in [0.25, 0.3) is 0 Å². The van der Waals surface area contributed by atoms with Crippen molar-refractivity contribution in [2.75, 3.05) is 6.54 Å². The molecule has 0 bridgehead atoms. The van der Waals surface area contributed by atoms with Gasteiger partial charge in [0, 0.05) is 12.7 Å². The average Bonchev–Trinajstić information content (AvgIpc) is 2.29. The summed E-state index contributed by atoms with van der Waals surface area (Å²) < 4.78 is 0. The number of nitrogens with zero attached hydrogens (tertiary/aromatic N) is 1. The molecule has 1 amide bonds. The Morgan fingerprint density at radius 2 is 2.44 bits per heavy atom. The van der Waals surface area contributed by atoms with Crippen molar-refractivity contribution in [2.24, 2.45) is 0 Å². The highest BCUT2D eigenvalue weighted by atomic mass is 32.2. The van der Waals surface area contributed by atoms with Crippen molar-refractivity contribution >= 4 is 17.7 Å². The number of amides is 1. The summed E-state index contributed by atoms with van der Waals surface area (Å²) in [5, 5.41) is 3.48. The quantitative estimate of drug-likeness (QED) is 0.629. The second kappa shape index (κ2) is 6.33. The third kappa shape index (κ3) is 4.06. The number of nitrogens with one attached hydrogen (secondary N) is 1. The smallest absolute Gasteiger partial charge is 0.233 e. The van der Waals surface area contributed by atoms with Crippen molar-refractivity contribution in [3.05, 3.63) is 36.5 Å². The van der Waals surface area contributed by atoms with Crippen LogP contribution in [0.15, 0.2) is 36.0 Å². The Hall–Kier alpha value is -1.29. The molecular formula is C12H16N2OS. The van der Waals surface area contributed by atoms with E-state index in [-0.39, 0.29) is 11.2 Å². The predicted molar refractivity (Wildman–Crippen MR) is 67.5 cm³/mol. The minimum absolute atomic E-state index is 0.00674. The topological polar surface area (TPSA) is 42.0 Å². The lowest BCUT2D eigenvalue weighted by molar-refractivity contribution is -0.120. The highest BCUT2D eigenvalue weighted by molar-refractivity contribution is 8.00. The van der Waals surface area contributed by atoms with Gasteiger partial charge in [0.1, 0.15) is 0 Å². The minimum atomic E-state index is -0.143. The number of hydrogen-bond acceptors (Lipinski definition) is 3. The van der Waals surface area contributed by atoms with Gasteiger partial charge in [0.2, 0.25) is 5.91 Å². The van der Waals surface area contributed by atoms with E-state index in [1.807, 2.05) is 26.0 Å². The Bertz CT molecular complexity index is 362. The largest absolute Gasteiger partial charge is 0.352 e. The number of aromatic nitrogens is 1. The van der Waals surface area contributed by atoms with Gasteiger partial charge in [0.25, 0.3) is 0 Å². The SMILES string of the molecule is C=CCNC(=O)C(C)Sc1ccc(C)cn1. The molecule has 1 aromatic heterocycles. The average molecular weight is 236 g/mol. The summed E-state index contributed by atoms with van der Waals surface area (Å²) in [6.45, 7) is 7.91. The zero-order valence-electron chi connectivity index (χ0n) is 9.56. The molecule has 0 aliphatic carbocycles. The van der Waals surface area contributed by atoms with Gasteiger partial charge in [-0.1, -0.05) is 23.9 Å². The van der Waals surface area contributed by atoms with Gasteiger partial charge >= 0.3 is 0 Å². The molecule has 3 nitrogen and oxygen atoms in total. The fraction of sp³-hybridized carbons (Fsp3) is 0.333. The normalized spacial score (nSPS) is 11.9. The van der Waals surface area contributed by atoms with Crippen LogP contribution in [0.4, 0.5) is 0 Å². The molecule has 0 radical (unpaired) electrons. The number of aryl methyl sites for hydroxylation is 1. The molecule has 0 saturated heterocycles. The van der Waals surface area contributed by atoms with Crippen LogP contribution in [0.3, 0.4) is 0 Å². The van der Waals surface area contributed by atoms with Gasteiger partial charge in [-0.25, -0.2) is 4.98 Å². The monoisotopic (exact) mass is 236 g/mol. The molecule has 1 atom stereocenters. The molecule has 0 aliphatic heterocycles. The lowest BCUT2D eigenvalue weighted by Gasteiger charge is -2.10. The van der Waals surface area contributed by atoms with Crippen LogP contribution in [0, 0.1) is 6.92 Å². The first-order valence-electron chi connectivity index (χ1n) is 5.11.